The van der Waals surface area contributed by atoms with E-state index >= 15 is 0 Å². The molecule has 8 atom stereocenters. The molecule has 0 aromatic carbocycles. The number of hydrogen-bond donors (Lipinski definition) is 3. The molecule has 0 spiro atoms. The van der Waals surface area contributed by atoms with Crippen molar-refractivity contribution in [3.63, 3.8) is 0 Å². The number of allylic oxidation sites excluding steroid dienone is 2. The minimum absolute atomic E-state index is 0.0228. The second-order valence-electron chi connectivity index (χ2n) is 8.26. The molecule has 0 aliphatic heterocycles. The van der Waals surface area contributed by atoms with Gasteiger partial charge in [0.25, 0.3) is 0 Å². The second kappa shape index (κ2) is 4.56. The average molecular weight is 301 g/mol. The van der Waals surface area contributed by atoms with E-state index in [2.05, 4.69) is 32.1 Å². The lowest BCUT2D eigenvalue weighted by molar-refractivity contribution is -0.0544. The van der Waals surface area contributed by atoms with Crippen LogP contribution in [0.3, 0.4) is 0 Å². The van der Waals surface area contributed by atoms with Gasteiger partial charge in [-0.05, 0) is 42.4 Å². The number of rotatable bonds is 0. The van der Waals surface area contributed by atoms with Crippen molar-refractivity contribution in [2.24, 2.45) is 34.3 Å². The molecule has 22 heavy (non-hydrogen) atoms. The van der Waals surface area contributed by atoms with E-state index in [0.29, 0.717) is 18.3 Å². The van der Waals surface area contributed by atoms with Gasteiger partial charge in [0.05, 0.1) is 12.2 Å². The molecule has 3 nitrogen and oxygen atoms in total. The Morgan fingerprint density at radius 3 is 2.73 bits per heavy atom. The van der Waals surface area contributed by atoms with E-state index in [9.17, 15) is 10.2 Å². The second-order valence-corrected chi connectivity index (χ2v) is 8.26. The molecule has 0 radical (unpaired) electrons. The Hall–Kier alpha value is -0.900. The summed E-state index contributed by atoms with van der Waals surface area (Å²) >= 11 is 0. The van der Waals surface area contributed by atoms with Crippen LogP contribution in [0.1, 0.15) is 33.1 Å². The lowest BCUT2D eigenvalue weighted by Gasteiger charge is -2.57. The Morgan fingerprint density at radius 1 is 1.18 bits per heavy atom. The van der Waals surface area contributed by atoms with Crippen molar-refractivity contribution in [2.75, 3.05) is 0 Å². The van der Waals surface area contributed by atoms with Crippen molar-refractivity contribution >= 4 is 0 Å². The SMILES string of the molecule is C[C@]12CC[C@H]3[C@@H]([C@@H](O)C=C4C[C@@H](O)C=C[C@@]43C)[C@@H]1C=C[C@@H]2N. The van der Waals surface area contributed by atoms with E-state index in [4.69, 9.17) is 5.73 Å². The van der Waals surface area contributed by atoms with Crippen LogP contribution in [0, 0.1) is 28.6 Å². The molecule has 0 bridgehead atoms. The maximum Gasteiger partial charge on any atom is 0.0760 e. The maximum absolute atomic E-state index is 10.8. The van der Waals surface area contributed by atoms with Gasteiger partial charge in [0.1, 0.15) is 0 Å². The Bertz CT molecular complexity index is 580. The molecule has 120 valence electrons. The Labute approximate surface area is 132 Å². The lowest BCUT2D eigenvalue weighted by atomic mass is 9.48. The summed E-state index contributed by atoms with van der Waals surface area (Å²) in [4.78, 5) is 0. The molecule has 0 saturated heterocycles. The number of fused-ring (bicyclic) bond motifs is 5. The van der Waals surface area contributed by atoms with Crippen molar-refractivity contribution in [1.29, 1.82) is 0 Å². The molecule has 4 aliphatic rings. The fourth-order valence-electron chi connectivity index (χ4n) is 5.72. The van der Waals surface area contributed by atoms with Crippen LogP contribution in [0.25, 0.3) is 0 Å². The van der Waals surface area contributed by atoms with Crippen molar-refractivity contribution in [2.45, 2.75) is 51.4 Å². The van der Waals surface area contributed by atoms with Crippen molar-refractivity contribution in [3.05, 3.63) is 36.0 Å². The van der Waals surface area contributed by atoms with E-state index in [1.54, 1.807) is 0 Å². The van der Waals surface area contributed by atoms with Crippen molar-refractivity contribution in [3.8, 4) is 0 Å². The summed E-state index contributed by atoms with van der Waals surface area (Å²) in [6.45, 7) is 4.57. The third kappa shape index (κ3) is 1.73. The van der Waals surface area contributed by atoms with Gasteiger partial charge in [-0.25, -0.2) is 0 Å². The number of hydrogen-bond acceptors (Lipinski definition) is 3. The molecule has 4 aliphatic carbocycles. The first-order valence-electron chi connectivity index (χ1n) is 8.57. The number of aliphatic hydroxyl groups excluding tert-OH is 2. The van der Waals surface area contributed by atoms with Crippen LogP contribution in [-0.2, 0) is 0 Å². The summed E-state index contributed by atoms with van der Waals surface area (Å²) in [6, 6.07) is 0.104. The van der Waals surface area contributed by atoms with Crippen LogP contribution in [0.2, 0.25) is 0 Å². The summed E-state index contributed by atoms with van der Waals surface area (Å²) in [5.74, 6) is 1.02. The quantitative estimate of drug-likeness (QED) is 0.601. The highest BCUT2D eigenvalue weighted by molar-refractivity contribution is 5.36. The molecule has 3 heteroatoms. The normalized spacial score (nSPS) is 56.1. The first-order valence-corrected chi connectivity index (χ1v) is 8.57. The van der Waals surface area contributed by atoms with Crippen molar-refractivity contribution in [1.82, 2.24) is 0 Å². The van der Waals surface area contributed by atoms with Gasteiger partial charge in [0, 0.05) is 11.5 Å². The van der Waals surface area contributed by atoms with Crippen LogP contribution in [0.5, 0.6) is 0 Å². The molecular weight excluding hydrogens is 274 g/mol. The minimum atomic E-state index is -0.425. The van der Waals surface area contributed by atoms with Crippen LogP contribution in [-0.4, -0.2) is 28.5 Å². The van der Waals surface area contributed by atoms with Crippen molar-refractivity contribution < 1.29 is 10.2 Å². The average Bonchev–Trinajstić information content (AvgIpc) is 2.77. The van der Waals surface area contributed by atoms with E-state index in [1.165, 1.54) is 5.57 Å². The first kappa shape index (κ1) is 14.7. The molecule has 4 N–H and O–H groups in total. The molecule has 0 aromatic rings. The number of aliphatic hydroxyl groups is 2. The predicted molar refractivity (Wildman–Crippen MR) is 86.9 cm³/mol. The van der Waals surface area contributed by atoms with Crippen LogP contribution in [0.4, 0.5) is 0 Å². The minimum Gasteiger partial charge on any atom is -0.389 e. The summed E-state index contributed by atoms with van der Waals surface area (Å²) in [6.07, 6.45) is 12.6. The van der Waals surface area contributed by atoms with Crippen LogP contribution >= 0.6 is 0 Å². The van der Waals surface area contributed by atoms with Gasteiger partial charge < -0.3 is 15.9 Å². The molecule has 0 heterocycles. The monoisotopic (exact) mass is 301 g/mol. The maximum atomic E-state index is 10.8. The topological polar surface area (TPSA) is 66.5 Å². The molecule has 4 rings (SSSR count). The zero-order chi connectivity index (χ0) is 15.7. The molecule has 0 unspecified atom stereocenters. The number of nitrogens with two attached hydrogens (primary N) is 1. The predicted octanol–water partition coefficient (Wildman–Crippen LogP) is 2.16. The summed E-state index contributed by atoms with van der Waals surface area (Å²) in [7, 11) is 0. The van der Waals surface area contributed by atoms with Gasteiger partial charge in [-0.1, -0.05) is 49.8 Å². The molecule has 1 saturated carbocycles. The van der Waals surface area contributed by atoms with E-state index in [0.717, 1.165) is 12.8 Å². The van der Waals surface area contributed by atoms with Gasteiger partial charge >= 0.3 is 0 Å². The fourth-order valence-corrected chi connectivity index (χ4v) is 5.72. The molecule has 0 aromatic heterocycles. The fraction of sp³-hybridized carbons (Fsp3) is 0.684. The third-order valence-electron chi connectivity index (χ3n) is 7.24. The Morgan fingerprint density at radius 2 is 1.95 bits per heavy atom. The zero-order valence-electron chi connectivity index (χ0n) is 13.4. The molecular formula is C19H27NO2. The highest BCUT2D eigenvalue weighted by Gasteiger charge is 2.58. The van der Waals surface area contributed by atoms with Crippen LogP contribution < -0.4 is 5.73 Å². The molecule has 0 amide bonds. The van der Waals surface area contributed by atoms with Gasteiger partial charge in [-0.2, -0.15) is 0 Å². The summed E-state index contributed by atoms with van der Waals surface area (Å²) < 4.78 is 0. The highest BCUT2D eigenvalue weighted by Crippen LogP contribution is 2.62. The van der Waals surface area contributed by atoms with E-state index in [1.807, 2.05) is 12.2 Å². The first-order chi connectivity index (χ1) is 10.4. The van der Waals surface area contributed by atoms with Gasteiger partial charge in [-0.15, -0.1) is 0 Å². The van der Waals surface area contributed by atoms with E-state index < -0.39 is 12.2 Å². The smallest absolute Gasteiger partial charge is 0.0760 e. The van der Waals surface area contributed by atoms with Crippen LogP contribution in [0.15, 0.2) is 36.0 Å². The highest BCUT2D eigenvalue weighted by atomic mass is 16.3. The standard InChI is InChI=1S/C19H27NO2/c1-18-7-5-12(21)9-11(18)10-15(22)17-13-3-4-16(20)19(13,2)8-6-14(17)18/h3-5,7,10,12-17,21-22H,6,8-9,20H2,1-2H3/t12-,13-,14-,15-,16-,17-,18-,19-/m0/s1. The van der Waals surface area contributed by atoms with Gasteiger partial charge in [0.2, 0.25) is 0 Å². The summed E-state index contributed by atoms with van der Waals surface area (Å²) in [5.41, 5.74) is 7.62. The molecule has 1 fully saturated rings. The Balaban J connectivity index is 1.78. The van der Waals surface area contributed by atoms with Gasteiger partial charge in [0.15, 0.2) is 0 Å². The summed E-state index contributed by atoms with van der Waals surface area (Å²) in [5, 5.41) is 20.8. The Kier molecular flexibility index (Phi) is 3.04. The van der Waals surface area contributed by atoms with Gasteiger partial charge in [-0.3, -0.25) is 0 Å². The zero-order valence-corrected chi connectivity index (χ0v) is 13.4. The third-order valence-corrected chi connectivity index (χ3v) is 7.24. The van der Waals surface area contributed by atoms with E-state index in [-0.39, 0.29) is 22.8 Å². The lowest BCUT2D eigenvalue weighted by Crippen LogP contribution is -2.55. The largest absolute Gasteiger partial charge is 0.389 e.